The Kier molecular flexibility index (Phi) is 5.95. The van der Waals surface area contributed by atoms with Crippen molar-refractivity contribution in [3.05, 3.63) is 34.2 Å². The molecule has 0 radical (unpaired) electrons. The van der Waals surface area contributed by atoms with Gasteiger partial charge in [0.05, 0.1) is 5.56 Å². The molecule has 0 unspecified atom stereocenters. The SMILES string of the molecule is COCCCNC(=O)[C@@H](C)n1ccc(C(F)(F)F)cc1=O. The van der Waals surface area contributed by atoms with Crippen molar-refractivity contribution >= 4 is 5.91 Å². The van der Waals surface area contributed by atoms with E-state index in [9.17, 15) is 22.8 Å². The molecule has 21 heavy (non-hydrogen) atoms. The number of halogens is 3. The van der Waals surface area contributed by atoms with Gasteiger partial charge in [-0.05, 0) is 19.4 Å². The highest BCUT2D eigenvalue weighted by Crippen LogP contribution is 2.27. The van der Waals surface area contributed by atoms with Crippen molar-refractivity contribution in [3.8, 4) is 0 Å². The third kappa shape index (κ3) is 4.89. The molecule has 1 heterocycles. The van der Waals surface area contributed by atoms with Crippen LogP contribution in [0.4, 0.5) is 13.2 Å². The fourth-order valence-corrected chi connectivity index (χ4v) is 1.69. The molecule has 0 aliphatic heterocycles. The number of carbonyl (C=O) groups is 1. The lowest BCUT2D eigenvalue weighted by molar-refractivity contribution is -0.137. The minimum Gasteiger partial charge on any atom is -0.385 e. The molecule has 8 heteroatoms. The van der Waals surface area contributed by atoms with Crippen LogP contribution in [0.25, 0.3) is 0 Å². The smallest absolute Gasteiger partial charge is 0.385 e. The summed E-state index contributed by atoms with van der Waals surface area (Å²) in [6.45, 7) is 2.29. The lowest BCUT2D eigenvalue weighted by Gasteiger charge is -2.16. The molecule has 118 valence electrons. The van der Waals surface area contributed by atoms with Crippen LogP contribution in [-0.4, -0.2) is 30.7 Å². The number of hydrogen-bond donors (Lipinski definition) is 1. The summed E-state index contributed by atoms with van der Waals surface area (Å²) in [6, 6.07) is 0.368. The third-order valence-corrected chi connectivity index (χ3v) is 2.90. The summed E-state index contributed by atoms with van der Waals surface area (Å²) in [4.78, 5) is 23.5. The molecule has 1 N–H and O–H groups in total. The second-order valence-corrected chi connectivity index (χ2v) is 4.47. The Bertz CT molecular complexity index is 540. The summed E-state index contributed by atoms with van der Waals surface area (Å²) < 4.78 is 43.2. The number of amides is 1. The van der Waals surface area contributed by atoms with Crippen LogP contribution >= 0.6 is 0 Å². The monoisotopic (exact) mass is 306 g/mol. The first-order valence-corrected chi connectivity index (χ1v) is 6.33. The molecule has 1 rings (SSSR count). The second kappa shape index (κ2) is 7.26. The van der Waals surface area contributed by atoms with Gasteiger partial charge in [-0.15, -0.1) is 0 Å². The molecule has 0 saturated heterocycles. The van der Waals surface area contributed by atoms with E-state index < -0.39 is 29.2 Å². The highest BCUT2D eigenvalue weighted by Gasteiger charge is 2.31. The highest BCUT2D eigenvalue weighted by atomic mass is 19.4. The zero-order valence-electron chi connectivity index (χ0n) is 11.7. The van der Waals surface area contributed by atoms with E-state index in [0.29, 0.717) is 25.6 Å². The third-order valence-electron chi connectivity index (χ3n) is 2.90. The summed E-state index contributed by atoms with van der Waals surface area (Å²) in [5.74, 6) is -0.437. The van der Waals surface area contributed by atoms with E-state index in [1.54, 1.807) is 0 Å². The first kappa shape index (κ1) is 17.2. The lowest BCUT2D eigenvalue weighted by atomic mass is 10.2. The first-order chi connectivity index (χ1) is 9.77. The Balaban J connectivity index is 2.76. The van der Waals surface area contributed by atoms with Gasteiger partial charge in [-0.2, -0.15) is 13.2 Å². The Morgan fingerprint density at radius 1 is 1.48 bits per heavy atom. The molecule has 1 aromatic rings. The molecular weight excluding hydrogens is 289 g/mol. The van der Waals surface area contributed by atoms with Gasteiger partial charge >= 0.3 is 6.18 Å². The number of aromatic nitrogens is 1. The van der Waals surface area contributed by atoms with Gasteiger partial charge in [-0.25, -0.2) is 0 Å². The molecule has 1 atom stereocenters. The number of ether oxygens (including phenoxy) is 1. The average molecular weight is 306 g/mol. The fraction of sp³-hybridized carbons (Fsp3) is 0.538. The van der Waals surface area contributed by atoms with Crippen molar-refractivity contribution < 1.29 is 22.7 Å². The normalized spacial score (nSPS) is 13.0. The van der Waals surface area contributed by atoms with Crippen molar-refractivity contribution in [1.82, 2.24) is 9.88 Å². The van der Waals surface area contributed by atoms with Crippen molar-refractivity contribution in [2.24, 2.45) is 0 Å². The Morgan fingerprint density at radius 3 is 2.67 bits per heavy atom. The van der Waals surface area contributed by atoms with Crippen LogP contribution in [0.5, 0.6) is 0 Å². The molecule has 0 aliphatic rings. The molecule has 0 fully saturated rings. The Morgan fingerprint density at radius 2 is 2.14 bits per heavy atom. The van der Waals surface area contributed by atoms with Gasteiger partial charge in [-0.1, -0.05) is 0 Å². The molecule has 0 saturated carbocycles. The maximum absolute atomic E-state index is 12.5. The molecule has 1 amide bonds. The van der Waals surface area contributed by atoms with Gasteiger partial charge in [0.15, 0.2) is 0 Å². The zero-order chi connectivity index (χ0) is 16.0. The number of nitrogens with one attached hydrogen (secondary N) is 1. The van der Waals surface area contributed by atoms with E-state index >= 15 is 0 Å². The van der Waals surface area contributed by atoms with Gasteiger partial charge in [0.25, 0.3) is 5.56 Å². The van der Waals surface area contributed by atoms with E-state index in [1.165, 1.54) is 14.0 Å². The molecule has 0 bridgehead atoms. The maximum Gasteiger partial charge on any atom is 0.416 e. The summed E-state index contributed by atoms with van der Waals surface area (Å²) in [7, 11) is 1.53. The van der Waals surface area contributed by atoms with Crippen molar-refractivity contribution in [1.29, 1.82) is 0 Å². The molecule has 0 aliphatic carbocycles. The standard InChI is InChI=1S/C13H17F3N2O3/c1-9(12(20)17-5-3-7-21-2)18-6-4-10(8-11(18)19)13(14,15)16/h4,6,8-9H,3,5,7H2,1-2H3,(H,17,20)/t9-/m1/s1. The van der Waals surface area contributed by atoms with Crippen molar-refractivity contribution in [3.63, 3.8) is 0 Å². The van der Waals surface area contributed by atoms with E-state index in [2.05, 4.69) is 5.32 Å². The number of nitrogens with zero attached hydrogens (tertiary/aromatic N) is 1. The van der Waals surface area contributed by atoms with Gasteiger partial charge in [0.2, 0.25) is 5.91 Å². The van der Waals surface area contributed by atoms with Crippen LogP contribution in [0.2, 0.25) is 0 Å². The zero-order valence-corrected chi connectivity index (χ0v) is 11.7. The highest BCUT2D eigenvalue weighted by molar-refractivity contribution is 5.79. The predicted molar refractivity (Wildman–Crippen MR) is 69.9 cm³/mol. The summed E-state index contributed by atoms with van der Waals surface area (Å²) in [5.41, 5.74) is -1.90. The number of carbonyl (C=O) groups excluding carboxylic acids is 1. The van der Waals surface area contributed by atoms with Gasteiger partial charge in [0, 0.05) is 32.5 Å². The molecule has 0 spiro atoms. The Labute approximate surface area is 119 Å². The average Bonchev–Trinajstić information content (AvgIpc) is 2.41. The predicted octanol–water partition coefficient (Wildman–Crippen LogP) is 1.58. The lowest BCUT2D eigenvalue weighted by Crippen LogP contribution is -2.36. The van der Waals surface area contributed by atoms with Crippen molar-refractivity contribution in [2.45, 2.75) is 25.6 Å². The minimum absolute atomic E-state index is 0.367. The minimum atomic E-state index is -4.58. The van der Waals surface area contributed by atoms with Crippen LogP contribution in [-0.2, 0) is 15.7 Å². The van der Waals surface area contributed by atoms with E-state index in [1.807, 2.05) is 0 Å². The number of alkyl halides is 3. The summed E-state index contributed by atoms with van der Waals surface area (Å²) in [5, 5.41) is 2.59. The van der Waals surface area contributed by atoms with Crippen LogP contribution in [0.1, 0.15) is 24.9 Å². The fourth-order valence-electron chi connectivity index (χ4n) is 1.69. The summed E-state index contributed by atoms with van der Waals surface area (Å²) in [6.07, 6.45) is -2.99. The number of pyridine rings is 1. The molecular formula is C13H17F3N2O3. The Hall–Kier alpha value is -1.83. The van der Waals surface area contributed by atoms with Gasteiger partial charge in [0.1, 0.15) is 6.04 Å². The summed E-state index contributed by atoms with van der Waals surface area (Å²) >= 11 is 0. The number of hydrogen-bond acceptors (Lipinski definition) is 3. The number of rotatable bonds is 6. The van der Waals surface area contributed by atoms with E-state index in [0.717, 1.165) is 16.8 Å². The topological polar surface area (TPSA) is 60.3 Å². The van der Waals surface area contributed by atoms with Gasteiger partial charge in [-0.3, -0.25) is 9.59 Å². The molecule has 0 aromatic carbocycles. The van der Waals surface area contributed by atoms with Crippen molar-refractivity contribution in [2.75, 3.05) is 20.3 Å². The van der Waals surface area contributed by atoms with E-state index in [-0.39, 0.29) is 0 Å². The van der Waals surface area contributed by atoms with Crippen LogP contribution < -0.4 is 10.9 Å². The maximum atomic E-state index is 12.5. The molecule has 1 aromatic heterocycles. The van der Waals surface area contributed by atoms with E-state index in [4.69, 9.17) is 4.74 Å². The molecule has 5 nitrogen and oxygen atoms in total. The first-order valence-electron chi connectivity index (χ1n) is 6.33. The largest absolute Gasteiger partial charge is 0.416 e. The van der Waals surface area contributed by atoms with Gasteiger partial charge < -0.3 is 14.6 Å². The van der Waals surface area contributed by atoms with Crippen LogP contribution in [0.3, 0.4) is 0 Å². The van der Waals surface area contributed by atoms with Crippen LogP contribution in [0, 0.1) is 0 Å². The number of methoxy groups -OCH3 is 1. The second-order valence-electron chi connectivity index (χ2n) is 4.47. The quantitative estimate of drug-likeness (QED) is 0.812. The van der Waals surface area contributed by atoms with Crippen LogP contribution in [0.15, 0.2) is 23.1 Å².